The van der Waals surface area contributed by atoms with Crippen molar-refractivity contribution in [3.8, 4) is 0 Å². The lowest BCUT2D eigenvalue weighted by Gasteiger charge is -2.12. The summed E-state index contributed by atoms with van der Waals surface area (Å²) in [6.07, 6.45) is 13.7. The summed E-state index contributed by atoms with van der Waals surface area (Å²) < 4.78 is 0. The molecular formula is C20H37NO5. The predicted molar refractivity (Wildman–Crippen MR) is 102 cm³/mol. The van der Waals surface area contributed by atoms with E-state index in [1.54, 1.807) is 0 Å². The van der Waals surface area contributed by atoms with Crippen LogP contribution in [0, 0.1) is 0 Å². The van der Waals surface area contributed by atoms with Crippen LogP contribution in [-0.4, -0.2) is 40.5 Å². The summed E-state index contributed by atoms with van der Waals surface area (Å²) in [5.74, 6) is -2.17. The Labute approximate surface area is 157 Å². The van der Waals surface area contributed by atoms with E-state index >= 15 is 0 Å². The van der Waals surface area contributed by atoms with E-state index < -0.39 is 18.0 Å². The Morgan fingerprint density at radius 3 is 1.73 bits per heavy atom. The predicted octanol–water partition coefficient (Wildman–Crippen LogP) is 4.16. The number of hydrogen-bond acceptors (Lipinski definition) is 4. The highest BCUT2D eigenvalue weighted by atomic mass is 16.4. The van der Waals surface area contributed by atoms with Gasteiger partial charge in [-0.25, -0.2) is 0 Å². The third-order valence-electron chi connectivity index (χ3n) is 4.55. The first-order valence-corrected chi connectivity index (χ1v) is 10.2. The second-order valence-corrected chi connectivity index (χ2v) is 7.03. The number of carbonyl (C=O) groups excluding carboxylic acids is 1. The van der Waals surface area contributed by atoms with Crippen LogP contribution < -0.4 is 5.32 Å². The molecule has 0 heterocycles. The van der Waals surface area contributed by atoms with E-state index in [1.807, 2.05) is 0 Å². The molecule has 26 heavy (non-hydrogen) atoms. The van der Waals surface area contributed by atoms with Crippen LogP contribution in [0.3, 0.4) is 0 Å². The van der Waals surface area contributed by atoms with Crippen LogP contribution in [0.25, 0.3) is 0 Å². The van der Waals surface area contributed by atoms with E-state index in [0.29, 0.717) is 6.42 Å². The Bertz CT molecular complexity index is 398. The van der Waals surface area contributed by atoms with Crippen LogP contribution in [0.1, 0.15) is 96.8 Å². The van der Waals surface area contributed by atoms with Crippen LogP contribution >= 0.6 is 0 Å². The summed E-state index contributed by atoms with van der Waals surface area (Å²) in [5, 5.41) is 20.3. The van der Waals surface area contributed by atoms with Crippen molar-refractivity contribution in [1.29, 1.82) is 0 Å². The first kappa shape index (κ1) is 24.6. The molecule has 0 aliphatic rings. The van der Waals surface area contributed by atoms with Gasteiger partial charge < -0.3 is 10.2 Å². The summed E-state index contributed by atoms with van der Waals surface area (Å²) in [5.41, 5.74) is 0. The fourth-order valence-corrected chi connectivity index (χ4v) is 2.89. The monoisotopic (exact) mass is 371 g/mol. The summed E-state index contributed by atoms with van der Waals surface area (Å²) >= 11 is 0. The van der Waals surface area contributed by atoms with Gasteiger partial charge in [0.2, 0.25) is 0 Å². The number of ketones is 1. The van der Waals surface area contributed by atoms with Crippen LogP contribution in [-0.2, 0) is 14.4 Å². The van der Waals surface area contributed by atoms with Crippen LogP contribution in [0.2, 0.25) is 0 Å². The number of rotatable bonds is 19. The maximum Gasteiger partial charge on any atom is 0.320 e. The molecular weight excluding hydrogens is 334 g/mol. The van der Waals surface area contributed by atoms with E-state index in [9.17, 15) is 14.4 Å². The van der Waals surface area contributed by atoms with Crippen molar-refractivity contribution in [3.05, 3.63) is 0 Å². The number of carbonyl (C=O) groups is 3. The number of carboxylic acid groups (broad SMARTS) is 2. The zero-order chi connectivity index (χ0) is 19.6. The molecule has 0 radical (unpaired) electrons. The zero-order valence-corrected chi connectivity index (χ0v) is 16.3. The van der Waals surface area contributed by atoms with Crippen molar-refractivity contribution in [2.24, 2.45) is 0 Å². The minimum Gasteiger partial charge on any atom is -0.481 e. The van der Waals surface area contributed by atoms with Gasteiger partial charge in [0.25, 0.3) is 0 Å². The lowest BCUT2D eigenvalue weighted by molar-refractivity contribution is -0.140. The summed E-state index contributed by atoms with van der Waals surface area (Å²) in [6, 6.07) is -0.979. The maximum absolute atomic E-state index is 11.8. The highest BCUT2D eigenvalue weighted by molar-refractivity contribution is 5.81. The average Bonchev–Trinajstić information content (AvgIpc) is 2.59. The Kier molecular flexibility index (Phi) is 16.1. The fraction of sp³-hybridized carbons (Fsp3) is 0.850. The molecule has 0 aliphatic carbocycles. The van der Waals surface area contributed by atoms with Crippen molar-refractivity contribution >= 4 is 17.7 Å². The molecule has 0 spiro atoms. The topological polar surface area (TPSA) is 104 Å². The third kappa shape index (κ3) is 16.1. The van der Waals surface area contributed by atoms with Gasteiger partial charge in [0, 0.05) is 12.8 Å². The second kappa shape index (κ2) is 17.0. The van der Waals surface area contributed by atoms with Gasteiger partial charge in [-0.3, -0.25) is 19.7 Å². The maximum atomic E-state index is 11.8. The first-order chi connectivity index (χ1) is 12.5. The molecule has 0 aliphatic heterocycles. The van der Waals surface area contributed by atoms with Crippen molar-refractivity contribution in [2.45, 2.75) is 103 Å². The van der Waals surface area contributed by atoms with Gasteiger partial charge in [0.1, 0.15) is 11.8 Å². The average molecular weight is 372 g/mol. The number of Topliss-reactive ketones (excluding diaryl/α,β-unsaturated/α-hetero) is 1. The van der Waals surface area contributed by atoms with Crippen LogP contribution in [0.15, 0.2) is 0 Å². The highest BCUT2D eigenvalue weighted by Crippen LogP contribution is 2.12. The van der Waals surface area contributed by atoms with E-state index in [-0.39, 0.29) is 25.2 Å². The number of nitrogens with one attached hydrogen (secondary N) is 1. The van der Waals surface area contributed by atoms with Crippen molar-refractivity contribution in [3.63, 3.8) is 0 Å². The highest BCUT2D eigenvalue weighted by Gasteiger charge is 2.18. The van der Waals surface area contributed by atoms with Crippen molar-refractivity contribution in [1.82, 2.24) is 5.32 Å². The normalized spacial score (nSPS) is 12.0. The molecule has 0 aromatic carbocycles. The smallest absolute Gasteiger partial charge is 0.320 e. The summed E-state index contributed by atoms with van der Waals surface area (Å²) in [4.78, 5) is 33.3. The van der Waals surface area contributed by atoms with Gasteiger partial charge in [0.05, 0.1) is 6.54 Å². The molecule has 0 fully saturated rings. The van der Waals surface area contributed by atoms with Gasteiger partial charge >= 0.3 is 11.9 Å². The van der Waals surface area contributed by atoms with E-state index in [0.717, 1.165) is 19.3 Å². The Balaban J connectivity index is 3.55. The molecule has 152 valence electrons. The molecule has 0 saturated carbocycles. The summed E-state index contributed by atoms with van der Waals surface area (Å²) in [6.45, 7) is 2.22. The molecule has 1 atom stereocenters. The molecule has 0 aromatic heterocycles. The minimum absolute atomic E-state index is 0.00561. The van der Waals surface area contributed by atoms with E-state index in [1.165, 1.54) is 51.4 Å². The molecule has 0 aromatic rings. The van der Waals surface area contributed by atoms with Gasteiger partial charge in [0.15, 0.2) is 0 Å². The Morgan fingerprint density at radius 1 is 0.769 bits per heavy atom. The Hall–Kier alpha value is -1.43. The lowest BCUT2D eigenvalue weighted by Crippen LogP contribution is -2.40. The molecule has 6 heteroatoms. The van der Waals surface area contributed by atoms with Gasteiger partial charge in [-0.15, -0.1) is 0 Å². The molecule has 3 N–H and O–H groups in total. The second-order valence-electron chi connectivity index (χ2n) is 7.03. The van der Waals surface area contributed by atoms with Gasteiger partial charge in [-0.2, -0.15) is 0 Å². The minimum atomic E-state index is -1.12. The Morgan fingerprint density at radius 2 is 1.27 bits per heavy atom. The van der Waals surface area contributed by atoms with E-state index in [4.69, 9.17) is 10.2 Å². The fourth-order valence-electron chi connectivity index (χ4n) is 2.89. The standard InChI is InChI=1S/C20H37NO5/c1-2-3-4-5-6-7-8-9-10-11-12-13-17(22)16-21-18(20(25)26)14-15-19(23)24/h18,21H,2-16H2,1H3,(H,23,24)(H,25,26)/t18-/m0/s1. The number of carboxylic acids is 2. The van der Waals surface area contributed by atoms with Crippen LogP contribution in [0.4, 0.5) is 0 Å². The molecule has 0 rings (SSSR count). The first-order valence-electron chi connectivity index (χ1n) is 10.2. The quantitative estimate of drug-likeness (QED) is 0.295. The molecule has 0 saturated heterocycles. The molecule has 0 bridgehead atoms. The molecule has 0 amide bonds. The molecule has 6 nitrogen and oxygen atoms in total. The number of aliphatic carboxylic acids is 2. The van der Waals surface area contributed by atoms with Crippen molar-refractivity contribution in [2.75, 3.05) is 6.54 Å². The molecule has 0 unspecified atom stereocenters. The van der Waals surface area contributed by atoms with Crippen LogP contribution in [0.5, 0.6) is 0 Å². The largest absolute Gasteiger partial charge is 0.481 e. The summed E-state index contributed by atoms with van der Waals surface area (Å²) in [7, 11) is 0. The lowest BCUT2D eigenvalue weighted by atomic mass is 10.0. The van der Waals surface area contributed by atoms with Crippen molar-refractivity contribution < 1.29 is 24.6 Å². The SMILES string of the molecule is CCCCCCCCCCCCCC(=O)CN[C@@H](CCC(=O)O)C(=O)O. The third-order valence-corrected chi connectivity index (χ3v) is 4.55. The number of unbranched alkanes of at least 4 members (excludes halogenated alkanes) is 10. The van der Waals surface area contributed by atoms with E-state index in [2.05, 4.69) is 12.2 Å². The van der Waals surface area contributed by atoms with Gasteiger partial charge in [-0.1, -0.05) is 71.1 Å². The zero-order valence-electron chi connectivity index (χ0n) is 16.3. The van der Waals surface area contributed by atoms with Gasteiger partial charge in [-0.05, 0) is 12.8 Å². The number of hydrogen-bond donors (Lipinski definition) is 3.